The van der Waals surface area contributed by atoms with Crippen LogP contribution in [-0.4, -0.2) is 18.3 Å². The first kappa shape index (κ1) is 24.7. The molecule has 1 saturated heterocycles. The van der Waals surface area contributed by atoms with Gasteiger partial charge < -0.3 is 14.0 Å². The molecule has 2 heterocycles. The van der Waals surface area contributed by atoms with E-state index in [0.29, 0.717) is 0 Å². The van der Waals surface area contributed by atoms with E-state index >= 15 is 0 Å². The average molecular weight is 534 g/mol. The minimum Gasteiger partial charge on any atom is -0.457 e. The van der Waals surface area contributed by atoms with E-state index in [0.717, 1.165) is 28.1 Å². The van der Waals surface area contributed by atoms with Crippen LogP contribution in [0.2, 0.25) is 0 Å². The molecule has 0 saturated carbocycles. The summed E-state index contributed by atoms with van der Waals surface area (Å²) in [6, 6.07) is 41.2. The molecule has 0 radical (unpaired) electrons. The number of fused-ring (bicyclic) bond motifs is 9. The van der Waals surface area contributed by atoms with E-state index < -0.39 is 23.7 Å². The fourth-order valence-corrected chi connectivity index (χ4v) is 6.86. The Morgan fingerprint density at radius 2 is 1.10 bits per heavy atom. The zero-order chi connectivity index (χ0) is 28.0. The molecule has 0 bridgehead atoms. The molecule has 5 aromatic rings. The van der Waals surface area contributed by atoms with Crippen LogP contribution in [0.15, 0.2) is 115 Å². The average Bonchev–Trinajstić information content (AvgIpc) is 3.39. The van der Waals surface area contributed by atoms with Crippen LogP contribution in [0.5, 0.6) is 11.5 Å². The van der Waals surface area contributed by atoms with Crippen molar-refractivity contribution in [2.45, 2.75) is 44.3 Å². The first-order chi connectivity index (χ1) is 19.8. The number of benzene rings is 5. The molecule has 200 valence electrons. The summed E-state index contributed by atoms with van der Waals surface area (Å²) in [5.41, 5.74) is 9.33. The van der Waals surface area contributed by atoms with Crippen molar-refractivity contribution in [2.75, 3.05) is 0 Å². The lowest BCUT2D eigenvalue weighted by molar-refractivity contribution is 0.00578. The van der Waals surface area contributed by atoms with Crippen LogP contribution in [0, 0.1) is 0 Å². The molecular weight excluding hydrogens is 503 g/mol. The molecule has 0 unspecified atom stereocenters. The van der Waals surface area contributed by atoms with Gasteiger partial charge in [0.25, 0.3) is 0 Å². The maximum Gasteiger partial charge on any atom is 0.494 e. The van der Waals surface area contributed by atoms with Gasteiger partial charge in [0, 0.05) is 11.1 Å². The Hall–Kier alpha value is -4.12. The van der Waals surface area contributed by atoms with Gasteiger partial charge >= 0.3 is 7.12 Å². The summed E-state index contributed by atoms with van der Waals surface area (Å²) in [4.78, 5) is 0. The molecule has 1 fully saturated rings. The topological polar surface area (TPSA) is 27.7 Å². The van der Waals surface area contributed by atoms with Crippen molar-refractivity contribution in [2.24, 2.45) is 0 Å². The van der Waals surface area contributed by atoms with Gasteiger partial charge in [-0.15, -0.1) is 0 Å². The van der Waals surface area contributed by atoms with Crippen molar-refractivity contribution < 1.29 is 14.0 Å². The number of para-hydroxylation sites is 2. The molecule has 0 N–H and O–H groups in total. The van der Waals surface area contributed by atoms with Gasteiger partial charge in [-0.25, -0.2) is 0 Å². The third-order valence-electron chi connectivity index (χ3n) is 9.60. The van der Waals surface area contributed by atoms with Gasteiger partial charge in [0.15, 0.2) is 0 Å². The highest BCUT2D eigenvalue weighted by molar-refractivity contribution is 6.62. The van der Waals surface area contributed by atoms with Gasteiger partial charge in [0.1, 0.15) is 11.5 Å². The second-order valence-electron chi connectivity index (χ2n) is 12.4. The van der Waals surface area contributed by atoms with E-state index in [-0.39, 0.29) is 0 Å². The Balaban J connectivity index is 1.43. The summed E-state index contributed by atoms with van der Waals surface area (Å²) in [6.45, 7) is 8.42. The molecular formula is C37H31BO3. The largest absolute Gasteiger partial charge is 0.494 e. The fourth-order valence-electron chi connectivity index (χ4n) is 6.86. The highest BCUT2D eigenvalue weighted by Gasteiger charge is 2.54. The molecule has 1 spiro atoms. The van der Waals surface area contributed by atoms with Gasteiger partial charge in [-0.05, 0) is 84.7 Å². The van der Waals surface area contributed by atoms with Crippen molar-refractivity contribution in [3.63, 3.8) is 0 Å². The smallest absolute Gasteiger partial charge is 0.457 e. The lowest BCUT2D eigenvalue weighted by Gasteiger charge is -2.39. The Bertz CT molecular complexity index is 1780. The SMILES string of the molecule is CC1(C)OB(c2ccc3c(c2)C2(c4ccccc4Oc4ccccc42)c2ccc(-c4ccccc4)cc2-3)OC1(C)C. The second-order valence-corrected chi connectivity index (χ2v) is 12.4. The van der Waals surface area contributed by atoms with E-state index in [1.54, 1.807) is 0 Å². The minimum atomic E-state index is -0.537. The van der Waals surface area contributed by atoms with Crippen LogP contribution in [0.1, 0.15) is 49.9 Å². The summed E-state index contributed by atoms with van der Waals surface area (Å²) in [6.07, 6.45) is 0. The molecule has 2 aliphatic heterocycles. The van der Waals surface area contributed by atoms with E-state index in [9.17, 15) is 0 Å². The first-order valence-corrected chi connectivity index (χ1v) is 14.4. The summed E-state index contributed by atoms with van der Waals surface area (Å²) >= 11 is 0. The number of hydrogen-bond donors (Lipinski definition) is 0. The van der Waals surface area contributed by atoms with Crippen LogP contribution in [-0.2, 0) is 14.7 Å². The predicted molar refractivity (Wildman–Crippen MR) is 165 cm³/mol. The molecule has 41 heavy (non-hydrogen) atoms. The Morgan fingerprint density at radius 3 is 1.76 bits per heavy atom. The van der Waals surface area contributed by atoms with E-state index in [4.69, 9.17) is 14.0 Å². The standard InChI is InChI=1S/C37H31BO3/c1-35(2)36(3,4)41-38(40-35)26-19-20-27-28-22-25(24-12-6-5-7-13-24)18-21-29(28)37(32(27)23-26)30-14-8-10-16-33(30)39-34-17-11-9-15-31(34)37/h5-23H,1-4H3. The Morgan fingerprint density at radius 1 is 0.488 bits per heavy atom. The number of rotatable bonds is 2. The van der Waals surface area contributed by atoms with Crippen LogP contribution < -0.4 is 10.2 Å². The van der Waals surface area contributed by atoms with Crippen LogP contribution >= 0.6 is 0 Å². The molecule has 4 heteroatoms. The fraction of sp³-hybridized carbons (Fsp3) is 0.189. The Kier molecular flexibility index (Phi) is 5.08. The van der Waals surface area contributed by atoms with Crippen LogP contribution in [0.4, 0.5) is 0 Å². The summed E-state index contributed by atoms with van der Waals surface area (Å²) in [5.74, 6) is 1.77. The quantitative estimate of drug-likeness (QED) is 0.210. The van der Waals surface area contributed by atoms with Gasteiger partial charge in [-0.2, -0.15) is 0 Å². The molecule has 3 nitrogen and oxygen atoms in total. The highest BCUT2D eigenvalue weighted by atomic mass is 16.7. The van der Waals surface area contributed by atoms with Crippen molar-refractivity contribution in [3.05, 3.63) is 138 Å². The van der Waals surface area contributed by atoms with Crippen LogP contribution in [0.3, 0.4) is 0 Å². The lowest BCUT2D eigenvalue weighted by atomic mass is 9.65. The predicted octanol–water partition coefficient (Wildman–Crippen LogP) is 8.12. The van der Waals surface area contributed by atoms with Crippen molar-refractivity contribution >= 4 is 12.6 Å². The molecule has 0 aromatic heterocycles. The molecule has 0 atom stereocenters. The monoisotopic (exact) mass is 534 g/mol. The maximum atomic E-state index is 6.53. The molecule has 0 amide bonds. The zero-order valence-corrected chi connectivity index (χ0v) is 23.8. The van der Waals surface area contributed by atoms with Gasteiger partial charge in [0.2, 0.25) is 0 Å². The molecule has 3 aliphatic rings. The molecule has 8 rings (SSSR count). The minimum absolute atomic E-state index is 0.417. The number of hydrogen-bond acceptors (Lipinski definition) is 3. The highest BCUT2D eigenvalue weighted by Crippen LogP contribution is 2.62. The van der Waals surface area contributed by atoms with E-state index in [2.05, 4.69) is 143 Å². The molecule has 1 aliphatic carbocycles. The Labute approximate surface area is 241 Å². The third-order valence-corrected chi connectivity index (χ3v) is 9.60. The first-order valence-electron chi connectivity index (χ1n) is 14.4. The van der Waals surface area contributed by atoms with Gasteiger partial charge in [-0.1, -0.05) is 97.1 Å². The number of ether oxygens (including phenoxy) is 1. The molecule has 5 aromatic carbocycles. The van der Waals surface area contributed by atoms with Gasteiger partial charge in [-0.3, -0.25) is 0 Å². The van der Waals surface area contributed by atoms with Gasteiger partial charge in [0.05, 0.1) is 16.6 Å². The lowest BCUT2D eigenvalue weighted by Crippen LogP contribution is -2.41. The summed E-state index contributed by atoms with van der Waals surface area (Å²) < 4.78 is 19.6. The second kappa shape index (κ2) is 8.45. The van der Waals surface area contributed by atoms with Crippen molar-refractivity contribution in [3.8, 4) is 33.8 Å². The van der Waals surface area contributed by atoms with Crippen molar-refractivity contribution in [1.29, 1.82) is 0 Å². The van der Waals surface area contributed by atoms with E-state index in [1.807, 2.05) is 0 Å². The van der Waals surface area contributed by atoms with E-state index in [1.165, 1.54) is 33.4 Å². The maximum absolute atomic E-state index is 6.53. The summed E-state index contributed by atoms with van der Waals surface area (Å²) in [5, 5.41) is 0. The summed E-state index contributed by atoms with van der Waals surface area (Å²) in [7, 11) is -0.448. The normalized spacial score (nSPS) is 18.3. The third kappa shape index (κ3) is 3.35. The zero-order valence-electron chi connectivity index (χ0n) is 23.8. The van der Waals surface area contributed by atoms with Crippen LogP contribution in [0.25, 0.3) is 22.3 Å². The van der Waals surface area contributed by atoms with Crippen molar-refractivity contribution in [1.82, 2.24) is 0 Å².